The summed E-state index contributed by atoms with van der Waals surface area (Å²) < 4.78 is 0. The molecule has 0 aromatic heterocycles. The smallest absolute Gasteiger partial charge is 0.0163 e. The molecule has 0 aromatic rings. The topological polar surface area (TPSA) is 29.3 Å². The summed E-state index contributed by atoms with van der Waals surface area (Å²) >= 11 is 0. The number of likely N-dealkylation sites (N-methyl/N-ethyl adjacent to an activating group) is 1. The van der Waals surface area contributed by atoms with Crippen molar-refractivity contribution < 1.29 is 0 Å². The van der Waals surface area contributed by atoms with Crippen molar-refractivity contribution in [2.45, 2.75) is 38.6 Å². The first kappa shape index (κ1) is 11.7. The molecule has 2 unspecified atom stereocenters. The molecule has 2 heteroatoms. The maximum absolute atomic E-state index is 5.42. The van der Waals surface area contributed by atoms with Gasteiger partial charge in [0, 0.05) is 19.1 Å². The van der Waals surface area contributed by atoms with Gasteiger partial charge in [-0.1, -0.05) is 31.9 Å². The summed E-state index contributed by atoms with van der Waals surface area (Å²) in [6.07, 6.45) is 9.82. The third kappa shape index (κ3) is 3.43. The lowest BCUT2D eigenvalue weighted by atomic mass is 9.85. The van der Waals surface area contributed by atoms with Crippen LogP contribution >= 0.6 is 0 Å². The molecule has 0 aromatic carbocycles. The Bertz CT molecular complexity index is 177. The minimum atomic E-state index is 0.661. The fourth-order valence-electron chi connectivity index (χ4n) is 2.42. The van der Waals surface area contributed by atoms with Gasteiger partial charge in [-0.3, -0.25) is 4.90 Å². The normalized spacial score (nSPS) is 28.9. The Labute approximate surface area is 88.2 Å². The molecule has 0 radical (unpaired) electrons. The first-order chi connectivity index (χ1) is 6.75. The molecule has 1 aliphatic rings. The zero-order valence-corrected chi connectivity index (χ0v) is 9.58. The molecule has 1 aliphatic carbocycles. The maximum atomic E-state index is 5.42. The second-order valence-electron chi connectivity index (χ2n) is 4.48. The minimum absolute atomic E-state index is 0.661. The van der Waals surface area contributed by atoms with E-state index < -0.39 is 0 Å². The highest BCUT2D eigenvalue weighted by atomic mass is 15.1. The number of nitrogens with zero attached hydrogens (tertiary/aromatic N) is 1. The van der Waals surface area contributed by atoms with Crippen molar-refractivity contribution in [3.63, 3.8) is 0 Å². The molecule has 2 atom stereocenters. The number of rotatable bonds is 4. The molecule has 82 valence electrons. The van der Waals surface area contributed by atoms with E-state index in [9.17, 15) is 0 Å². The van der Waals surface area contributed by atoms with Gasteiger partial charge in [-0.05, 0) is 25.8 Å². The molecule has 0 saturated heterocycles. The van der Waals surface area contributed by atoms with E-state index in [1.807, 2.05) is 6.08 Å². The van der Waals surface area contributed by atoms with E-state index in [1.165, 1.54) is 25.7 Å². The second kappa shape index (κ2) is 6.20. The van der Waals surface area contributed by atoms with Crippen LogP contribution in [0.15, 0.2) is 12.2 Å². The average Bonchev–Trinajstić information content (AvgIpc) is 2.18. The largest absolute Gasteiger partial charge is 0.327 e. The van der Waals surface area contributed by atoms with E-state index in [0.29, 0.717) is 6.54 Å². The van der Waals surface area contributed by atoms with Crippen molar-refractivity contribution >= 4 is 0 Å². The summed E-state index contributed by atoms with van der Waals surface area (Å²) in [7, 11) is 2.23. The van der Waals surface area contributed by atoms with Crippen molar-refractivity contribution in [3.8, 4) is 0 Å². The van der Waals surface area contributed by atoms with Gasteiger partial charge in [0.1, 0.15) is 0 Å². The Hall–Kier alpha value is -0.340. The fourth-order valence-corrected chi connectivity index (χ4v) is 2.42. The highest BCUT2D eigenvalue weighted by molar-refractivity contribution is 4.88. The second-order valence-corrected chi connectivity index (χ2v) is 4.48. The van der Waals surface area contributed by atoms with Crippen LogP contribution in [0, 0.1) is 5.92 Å². The summed E-state index contributed by atoms with van der Waals surface area (Å²) in [4.78, 5) is 2.47. The molecule has 2 nitrogen and oxygen atoms in total. The molecule has 2 N–H and O–H groups in total. The van der Waals surface area contributed by atoms with E-state index >= 15 is 0 Å². The molecule has 0 aliphatic heterocycles. The maximum Gasteiger partial charge on any atom is 0.0163 e. The molecule has 0 spiro atoms. The number of nitrogens with two attached hydrogens (primary N) is 1. The standard InChI is InChI=1S/C12H24N2/c1-11-7-3-4-8-12(11)14(2)10-6-5-9-13/h5-6,11-12H,3-4,7-10,13H2,1-2H3. The highest BCUT2D eigenvalue weighted by Gasteiger charge is 2.23. The first-order valence-electron chi connectivity index (χ1n) is 5.81. The molecule has 0 bridgehead atoms. The van der Waals surface area contributed by atoms with Crippen LogP contribution in [0.2, 0.25) is 0 Å². The van der Waals surface area contributed by atoms with Gasteiger partial charge >= 0.3 is 0 Å². The molecule has 1 fully saturated rings. The number of hydrogen-bond donors (Lipinski definition) is 1. The van der Waals surface area contributed by atoms with Gasteiger partial charge < -0.3 is 5.73 Å². The zero-order chi connectivity index (χ0) is 10.4. The van der Waals surface area contributed by atoms with Crippen LogP contribution in [0.5, 0.6) is 0 Å². The average molecular weight is 196 g/mol. The predicted octanol–water partition coefficient (Wildman–Crippen LogP) is 2.01. The quantitative estimate of drug-likeness (QED) is 0.697. The lowest BCUT2D eigenvalue weighted by Gasteiger charge is -2.35. The Kier molecular flexibility index (Phi) is 5.20. The van der Waals surface area contributed by atoms with E-state index in [4.69, 9.17) is 5.73 Å². The Morgan fingerprint density at radius 2 is 2.00 bits per heavy atom. The molecular formula is C12H24N2. The van der Waals surface area contributed by atoms with Crippen LogP contribution in [0.3, 0.4) is 0 Å². The first-order valence-corrected chi connectivity index (χ1v) is 5.81. The predicted molar refractivity (Wildman–Crippen MR) is 62.2 cm³/mol. The van der Waals surface area contributed by atoms with Gasteiger partial charge in [0.05, 0.1) is 0 Å². The van der Waals surface area contributed by atoms with E-state index in [2.05, 4.69) is 24.9 Å². The van der Waals surface area contributed by atoms with Crippen LogP contribution in [-0.2, 0) is 0 Å². The molecule has 0 heterocycles. The van der Waals surface area contributed by atoms with Crippen LogP contribution in [0.4, 0.5) is 0 Å². The van der Waals surface area contributed by atoms with Crippen molar-refractivity contribution in [1.82, 2.24) is 4.90 Å². The van der Waals surface area contributed by atoms with Crippen LogP contribution < -0.4 is 5.73 Å². The summed E-state index contributed by atoms with van der Waals surface area (Å²) in [6.45, 7) is 4.09. The van der Waals surface area contributed by atoms with Crippen molar-refractivity contribution in [2.24, 2.45) is 11.7 Å². The minimum Gasteiger partial charge on any atom is -0.327 e. The van der Waals surface area contributed by atoms with E-state index in [-0.39, 0.29) is 0 Å². The Balaban J connectivity index is 2.34. The van der Waals surface area contributed by atoms with Gasteiger partial charge in [0.25, 0.3) is 0 Å². The third-order valence-corrected chi connectivity index (χ3v) is 3.33. The zero-order valence-electron chi connectivity index (χ0n) is 9.58. The lowest BCUT2D eigenvalue weighted by molar-refractivity contribution is 0.152. The SMILES string of the molecule is CC1CCCCC1N(C)CC=CCN. The monoisotopic (exact) mass is 196 g/mol. The summed E-state index contributed by atoms with van der Waals surface area (Å²) in [5.74, 6) is 0.861. The molecule has 1 rings (SSSR count). The summed E-state index contributed by atoms with van der Waals surface area (Å²) in [5.41, 5.74) is 5.42. The Morgan fingerprint density at radius 3 is 2.64 bits per heavy atom. The lowest BCUT2D eigenvalue weighted by Crippen LogP contribution is -2.38. The molecule has 14 heavy (non-hydrogen) atoms. The van der Waals surface area contributed by atoms with Gasteiger partial charge in [-0.15, -0.1) is 0 Å². The van der Waals surface area contributed by atoms with Crippen LogP contribution in [0.1, 0.15) is 32.6 Å². The van der Waals surface area contributed by atoms with Crippen LogP contribution in [0.25, 0.3) is 0 Å². The highest BCUT2D eigenvalue weighted by Crippen LogP contribution is 2.27. The van der Waals surface area contributed by atoms with Gasteiger partial charge in [0.2, 0.25) is 0 Å². The Morgan fingerprint density at radius 1 is 1.29 bits per heavy atom. The number of hydrogen-bond acceptors (Lipinski definition) is 2. The van der Waals surface area contributed by atoms with Gasteiger partial charge in [-0.25, -0.2) is 0 Å². The van der Waals surface area contributed by atoms with Crippen molar-refractivity contribution in [2.75, 3.05) is 20.1 Å². The van der Waals surface area contributed by atoms with E-state index in [0.717, 1.165) is 18.5 Å². The van der Waals surface area contributed by atoms with E-state index in [1.54, 1.807) is 0 Å². The van der Waals surface area contributed by atoms with Gasteiger partial charge in [-0.2, -0.15) is 0 Å². The molecule has 1 saturated carbocycles. The molecular weight excluding hydrogens is 172 g/mol. The summed E-state index contributed by atoms with van der Waals surface area (Å²) in [6, 6.07) is 0.783. The van der Waals surface area contributed by atoms with Gasteiger partial charge in [0.15, 0.2) is 0 Å². The molecule has 0 amide bonds. The summed E-state index contributed by atoms with van der Waals surface area (Å²) in [5, 5.41) is 0. The fraction of sp³-hybridized carbons (Fsp3) is 0.833. The van der Waals surface area contributed by atoms with Crippen molar-refractivity contribution in [3.05, 3.63) is 12.2 Å². The third-order valence-electron chi connectivity index (χ3n) is 3.33. The van der Waals surface area contributed by atoms with Crippen LogP contribution in [-0.4, -0.2) is 31.1 Å². The van der Waals surface area contributed by atoms with Crippen molar-refractivity contribution in [1.29, 1.82) is 0 Å².